The molecule has 1 amide bonds. The van der Waals surface area contributed by atoms with Crippen molar-refractivity contribution in [3.63, 3.8) is 0 Å². The van der Waals surface area contributed by atoms with Gasteiger partial charge in [-0.2, -0.15) is 0 Å². The first kappa shape index (κ1) is 19.0. The quantitative estimate of drug-likeness (QED) is 0.427. The number of nitrogens with one attached hydrogen (secondary N) is 1. The molecule has 1 aromatic carbocycles. The minimum atomic E-state index is -1.22. The molecule has 0 saturated carbocycles. The normalized spacial score (nSPS) is 11.0. The van der Waals surface area contributed by atoms with E-state index in [1.807, 2.05) is 24.3 Å². The van der Waals surface area contributed by atoms with Gasteiger partial charge in [-0.1, -0.05) is 12.1 Å². The Balaban J connectivity index is 2.58. The molecule has 6 nitrogen and oxygen atoms in total. The highest BCUT2D eigenvalue weighted by Crippen LogP contribution is 2.18. The van der Waals surface area contributed by atoms with Gasteiger partial charge in [0, 0.05) is 13.7 Å². The van der Waals surface area contributed by atoms with Crippen LogP contribution in [0.1, 0.15) is 26.3 Å². The molecule has 0 bridgehead atoms. The van der Waals surface area contributed by atoms with Gasteiger partial charge in [0.05, 0.1) is 13.2 Å². The van der Waals surface area contributed by atoms with E-state index in [0.717, 1.165) is 5.56 Å². The predicted octanol–water partition coefficient (Wildman–Crippen LogP) is 1.92. The van der Waals surface area contributed by atoms with Crippen molar-refractivity contribution < 1.29 is 23.8 Å². The van der Waals surface area contributed by atoms with Crippen LogP contribution in [0.5, 0.6) is 5.75 Å². The molecule has 0 radical (unpaired) electrons. The van der Waals surface area contributed by atoms with Crippen molar-refractivity contribution >= 4 is 11.9 Å². The number of carbonyl (C=O) groups is 2. The first-order valence-corrected chi connectivity index (χ1v) is 7.58. The SMILES string of the molecule is CCOC(=O)C(C)(C)C(=O)NCc1cccc(OCCOC)c1. The van der Waals surface area contributed by atoms with Crippen molar-refractivity contribution in [2.45, 2.75) is 27.3 Å². The van der Waals surface area contributed by atoms with Crippen LogP contribution in [0, 0.1) is 5.41 Å². The van der Waals surface area contributed by atoms with Crippen molar-refractivity contribution in [1.82, 2.24) is 5.32 Å². The average Bonchev–Trinajstić information content (AvgIpc) is 2.53. The summed E-state index contributed by atoms with van der Waals surface area (Å²) in [6.45, 7) is 6.33. The van der Waals surface area contributed by atoms with Crippen molar-refractivity contribution in [3.05, 3.63) is 29.8 Å². The molecule has 128 valence electrons. The van der Waals surface area contributed by atoms with Gasteiger partial charge < -0.3 is 19.5 Å². The van der Waals surface area contributed by atoms with Gasteiger partial charge in [-0.15, -0.1) is 0 Å². The lowest BCUT2D eigenvalue weighted by Gasteiger charge is -2.21. The average molecular weight is 323 g/mol. The van der Waals surface area contributed by atoms with E-state index in [2.05, 4.69) is 5.32 Å². The maximum absolute atomic E-state index is 12.2. The summed E-state index contributed by atoms with van der Waals surface area (Å²) < 4.78 is 15.4. The van der Waals surface area contributed by atoms with Crippen LogP contribution in [0.2, 0.25) is 0 Å². The fourth-order valence-corrected chi connectivity index (χ4v) is 1.80. The summed E-state index contributed by atoms with van der Waals surface area (Å²) in [6.07, 6.45) is 0. The number of ether oxygens (including phenoxy) is 3. The summed E-state index contributed by atoms with van der Waals surface area (Å²) in [4.78, 5) is 24.0. The van der Waals surface area contributed by atoms with Gasteiger partial charge in [0.25, 0.3) is 0 Å². The second-order valence-electron chi connectivity index (χ2n) is 5.52. The summed E-state index contributed by atoms with van der Waals surface area (Å²) in [6, 6.07) is 7.40. The molecule has 0 aromatic heterocycles. The zero-order valence-corrected chi connectivity index (χ0v) is 14.2. The number of hydrogen-bond donors (Lipinski definition) is 1. The van der Waals surface area contributed by atoms with E-state index in [1.165, 1.54) is 0 Å². The van der Waals surface area contributed by atoms with Crippen LogP contribution in [0.4, 0.5) is 0 Å². The molecule has 0 heterocycles. The monoisotopic (exact) mass is 323 g/mol. The van der Waals surface area contributed by atoms with E-state index in [0.29, 0.717) is 25.5 Å². The van der Waals surface area contributed by atoms with Crippen molar-refractivity contribution in [2.75, 3.05) is 26.9 Å². The van der Waals surface area contributed by atoms with Crippen LogP contribution >= 0.6 is 0 Å². The first-order valence-electron chi connectivity index (χ1n) is 7.58. The number of carbonyl (C=O) groups excluding carboxylic acids is 2. The Morgan fingerprint density at radius 1 is 1.22 bits per heavy atom. The van der Waals surface area contributed by atoms with E-state index in [9.17, 15) is 9.59 Å². The molecule has 0 atom stereocenters. The standard InChI is InChI=1S/C17H25NO5/c1-5-22-16(20)17(2,3)15(19)18-12-13-7-6-8-14(11-13)23-10-9-21-4/h6-8,11H,5,9-10,12H2,1-4H3,(H,18,19). The topological polar surface area (TPSA) is 73.9 Å². The van der Waals surface area contributed by atoms with Gasteiger partial charge in [-0.05, 0) is 38.5 Å². The summed E-state index contributed by atoms with van der Waals surface area (Å²) in [5.41, 5.74) is -0.337. The van der Waals surface area contributed by atoms with Gasteiger partial charge in [0.2, 0.25) is 5.91 Å². The summed E-state index contributed by atoms with van der Waals surface area (Å²) in [5, 5.41) is 2.75. The van der Waals surface area contributed by atoms with Gasteiger partial charge in [0.1, 0.15) is 17.8 Å². The Morgan fingerprint density at radius 3 is 2.61 bits per heavy atom. The number of benzene rings is 1. The highest BCUT2D eigenvalue weighted by molar-refractivity contribution is 6.01. The molecule has 0 unspecified atom stereocenters. The van der Waals surface area contributed by atoms with Crippen LogP contribution < -0.4 is 10.1 Å². The van der Waals surface area contributed by atoms with Gasteiger partial charge >= 0.3 is 5.97 Å². The summed E-state index contributed by atoms with van der Waals surface area (Å²) >= 11 is 0. The smallest absolute Gasteiger partial charge is 0.321 e. The Hall–Kier alpha value is -2.08. The van der Waals surface area contributed by atoms with Crippen LogP contribution in [0.3, 0.4) is 0 Å². The number of methoxy groups -OCH3 is 1. The van der Waals surface area contributed by atoms with E-state index in [4.69, 9.17) is 14.2 Å². The largest absolute Gasteiger partial charge is 0.491 e. The van der Waals surface area contributed by atoms with Crippen molar-refractivity contribution in [1.29, 1.82) is 0 Å². The maximum atomic E-state index is 12.2. The molecule has 0 saturated heterocycles. The van der Waals surface area contributed by atoms with Crippen molar-refractivity contribution in [2.24, 2.45) is 5.41 Å². The van der Waals surface area contributed by atoms with Crippen LogP contribution in [0.25, 0.3) is 0 Å². The van der Waals surface area contributed by atoms with Gasteiger partial charge in [-0.3, -0.25) is 9.59 Å². The Kier molecular flexibility index (Phi) is 7.54. The van der Waals surface area contributed by atoms with E-state index in [-0.39, 0.29) is 12.5 Å². The number of amides is 1. The molecule has 0 aliphatic rings. The molecule has 0 fully saturated rings. The highest BCUT2D eigenvalue weighted by Gasteiger charge is 2.37. The zero-order valence-electron chi connectivity index (χ0n) is 14.2. The predicted molar refractivity (Wildman–Crippen MR) is 86.1 cm³/mol. The molecule has 0 spiro atoms. The minimum Gasteiger partial charge on any atom is -0.491 e. The van der Waals surface area contributed by atoms with Crippen LogP contribution in [-0.2, 0) is 25.6 Å². The number of rotatable bonds is 9. The Morgan fingerprint density at radius 2 is 1.96 bits per heavy atom. The molecule has 1 rings (SSSR count). The zero-order chi connectivity index (χ0) is 17.3. The van der Waals surface area contributed by atoms with Gasteiger partial charge in [0.15, 0.2) is 0 Å². The third kappa shape index (κ3) is 5.90. The lowest BCUT2D eigenvalue weighted by molar-refractivity contribution is -0.158. The molecular weight excluding hydrogens is 298 g/mol. The van der Waals surface area contributed by atoms with E-state index < -0.39 is 11.4 Å². The lowest BCUT2D eigenvalue weighted by Crippen LogP contribution is -2.43. The highest BCUT2D eigenvalue weighted by atomic mass is 16.5. The van der Waals surface area contributed by atoms with Crippen molar-refractivity contribution in [3.8, 4) is 5.75 Å². The number of esters is 1. The summed E-state index contributed by atoms with van der Waals surface area (Å²) in [7, 11) is 1.61. The fraction of sp³-hybridized carbons (Fsp3) is 0.529. The Labute approximate surface area is 137 Å². The summed E-state index contributed by atoms with van der Waals surface area (Å²) in [5.74, 6) is -0.200. The molecule has 1 aromatic rings. The molecule has 23 heavy (non-hydrogen) atoms. The van der Waals surface area contributed by atoms with E-state index in [1.54, 1.807) is 27.9 Å². The lowest BCUT2D eigenvalue weighted by atomic mass is 9.92. The van der Waals surface area contributed by atoms with Gasteiger partial charge in [-0.25, -0.2) is 0 Å². The van der Waals surface area contributed by atoms with Crippen LogP contribution in [0.15, 0.2) is 24.3 Å². The fourth-order valence-electron chi connectivity index (χ4n) is 1.80. The number of hydrogen-bond acceptors (Lipinski definition) is 5. The van der Waals surface area contributed by atoms with E-state index >= 15 is 0 Å². The molecule has 0 aliphatic heterocycles. The minimum absolute atomic E-state index is 0.246. The third-order valence-corrected chi connectivity index (χ3v) is 3.26. The second kappa shape index (κ2) is 9.15. The molecule has 1 N–H and O–H groups in total. The third-order valence-electron chi connectivity index (χ3n) is 3.26. The first-order chi connectivity index (χ1) is 10.9. The molecule has 0 aliphatic carbocycles. The maximum Gasteiger partial charge on any atom is 0.321 e. The molecular formula is C17H25NO5. The van der Waals surface area contributed by atoms with Crippen LogP contribution in [-0.4, -0.2) is 38.8 Å². The molecule has 6 heteroatoms. The second-order valence-corrected chi connectivity index (χ2v) is 5.52. The Bertz CT molecular complexity index is 527.